The Morgan fingerprint density at radius 1 is 1.00 bits per heavy atom. The van der Waals surface area contributed by atoms with E-state index >= 15 is 0 Å². The summed E-state index contributed by atoms with van der Waals surface area (Å²) in [5.74, 6) is -0.993. The molecule has 0 unspecified atom stereocenters. The minimum Gasteiger partial charge on any atom is -0.397 e. The number of aromatic nitrogens is 3. The van der Waals surface area contributed by atoms with E-state index in [1.807, 2.05) is 29.6 Å². The number of halogens is 1. The van der Waals surface area contributed by atoms with Crippen molar-refractivity contribution >= 4 is 51.6 Å². The van der Waals surface area contributed by atoms with Crippen LogP contribution < -0.4 is 16.4 Å². The van der Waals surface area contributed by atoms with E-state index in [0.29, 0.717) is 27.6 Å². The van der Waals surface area contributed by atoms with Crippen molar-refractivity contribution in [1.29, 1.82) is 0 Å². The second-order valence-electron chi connectivity index (χ2n) is 7.75. The summed E-state index contributed by atoms with van der Waals surface area (Å²) in [6.45, 7) is -0.0665. The number of nitrogen functional groups attached to an aromatic ring is 1. The zero-order valence-corrected chi connectivity index (χ0v) is 20.3. The maximum atomic E-state index is 13.0. The second-order valence-corrected chi connectivity index (χ2v) is 9.79. The van der Waals surface area contributed by atoms with E-state index < -0.39 is 0 Å². The van der Waals surface area contributed by atoms with Gasteiger partial charge in [-0.2, -0.15) is 0 Å². The van der Waals surface area contributed by atoms with Crippen LogP contribution in [0.4, 0.5) is 21.5 Å². The van der Waals surface area contributed by atoms with Gasteiger partial charge in [0.15, 0.2) is 0 Å². The number of carbonyl (C=O) groups is 2. The molecule has 2 aromatic carbocycles. The molecule has 0 spiro atoms. The predicted octanol–water partition coefficient (Wildman–Crippen LogP) is 5.35. The normalized spacial score (nSPS) is 10.8. The molecular weight excluding hydrogens is 499 g/mol. The van der Waals surface area contributed by atoms with Gasteiger partial charge in [-0.15, -0.1) is 27.8 Å². The molecule has 2 amide bonds. The largest absolute Gasteiger partial charge is 0.397 e. The Labute approximate surface area is 213 Å². The molecule has 180 valence electrons. The van der Waals surface area contributed by atoms with Crippen LogP contribution >= 0.6 is 22.7 Å². The fourth-order valence-corrected chi connectivity index (χ4v) is 4.99. The lowest BCUT2D eigenvalue weighted by atomic mass is 10.1. The standard InChI is InChI=1S/C25H19FN6O2S2/c26-16-4-6-17(7-5-16)28-24(33)14-32-13-20(30-31-32)22-9-10-23(36-22)25(34)29-19-12-15(3-8-18(19)27)21-2-1-11-35-21/h1-13H,14,27H2,(H,28,33)(H,29,34). The first-order valence-corrected chi connectivity index (χ1v) is 12.4. The van der Waals surface area contributed by atoms with E-state index in [1.54, 1.807) is 35.7 Å². The van der Waals surface area contributed by atoms with Gasteiger partial charge in [-0.05, 0) is 65.5 Å². The number of carbonyl (C=O) groups excluding carboxylic acids is 2. The van der Waals surface area contributed by atoms with Crippen LogP contribution in [0.2, 0.25) is 0 Å². The lowest BCUT2D eigenvalue weighted by Crippen LogP contribution is -2.19. The number of hydrogen-bond acceptors (Lipinski definition) is 7. The maximum absolute atomic E-state index is 13.0. The number of amides is 2. The van der Waals surface area contributed by atoms with Gasteiger partial charge >= 0.3 is 0 Å². The summed E-state index contributed by atoms with van der Waals surface area (Å²) in [6.07, 6.45) is 1.63. The first-order valence-electron chi connectivity index (χ1n) is 10.7. The van der Waals surface area contributed by atoms with Crippen LogP contribution in [0.25, 0.3) is 21.0 Å². The van der Waals surface area contributed by atoms with Crippen LogP contribution in [0.15, 0.2) is 78.3 Å². The summed E-state index contributed by atoms with van der Waals surface area (Å²) in [5, 5.41) is 15.7. The van der Waals surface area contributed by atoms with Crippen molar-refractivity contribution in [2.24, 2.45) is 0 Å². The monoisotopic (exact) mass is 518 g/mol. The second kappa shape index (κ2) is 10.1. The Morgan fingerprint density at radius 3 is 2.61 bits per heavy atom. The molecule has 0 aliphatic rings. The number of rotatable bonds is 7. The molecule has 0 fully saturated rings. The molecule has 8 nitrogen and oxygen atoms in total. The van der Waals surface area contributed by atoms with E-state index in [1.165, 1.54) is 40.3 Å². The van der Waals surface area contributed by atoms with Crippen molar-refractivity contribution in [2.45, 2.75) is 6.54 Å². The fraction of sp³-hybridized carbons (Fsp3) is 0.0400. The number of thiophene rings is 2. The Morgan fingerprint density at radius 2 is 1.83 bits per heavy atom. The molecule has 36 heavy (non-hydrogen) atoms. The molecule has 0 aliphatic heterocycles. The zero-order chi connectivity index (χ0) is 25.1. The molecule has 0 aliphatic carbocycles. The predicted molar refractivity (Wildman–Crippen MR) is 140 cm³/mol. The molecule has 3 aromatic heterocycles. The highest BCUT2D eigenvalue weighted by Gasteiger charge is 2.15. The summed E-state index contributed by atoms with van der Waals surface area (Å²) in [5.41, 5.74) is 9.09. The summed E-state index contributed by atoms with van der Waals surface area (Å²) in [6, 6.07) is 18.5. The molecule has 11 heteroatoms. The van der Waals surface area contributed by atoms with Crippen molar-refractivity contribution in [3.8, 4) is 21.0 Å². The quantitative estimate of drug-likeness (QED) is 0.251. The zero-order valence-electron chi connectivity index (χ0n) is 18.6. The SMILES string of the molecule is Nc1ccc(-c2cccs2)cc1NC(=O)c1ccc(-c2cn(CC(=O)Nc3ccc(F)cc3)nn2)s1. The van der Waals surface area contributed by atoms with Gasteiger partial charge in [0.1, 0.15) is 18.1 Å². The lowest BCUT2D eigenvalue weighted by molar-refractivity contribution is -0.116. The molecule has 5 aromatic rings. The molecule has 5 rings (SSSR count). The third-order valence-corrected chi connectivity index (χ3v) is 7.19. The van der Waals surface area contributed by atoms with Crippen LogP contribution in [-0.2, 0) is 11.3 Å². The van der Waals surface area contributed by atoms with Crippen LogP contribution in [0.1, 0.15) is 9.67 Å². The van der Waals surface area contributed by atoms with Crippen LogP contribution in [-0.4, -0.2) is 26.8 Å². The van der Waals surface area contributed by atoms with Gasteiger partial charge < -0.3 is 16.4 Å². The number of hydrogen-bond donors (Lipinski definition) is 3. The summed E-state index contributed by atoms with van der Waals surface area (Å²) >= 11 is 2.86. The summed E-state index contributed by atoms with van der Waals surface area (Å²) < 4.78 is 14.4. The molecule has 0 bridgehead atoms. The molecule has 4 N–H and O–H groups in total. The van der Waals surface area contributed by atoms with Crippen LogP contribution in [0.3, 0.4) is 0 Å². The van der Waals surface area contributed by atoms with Crippen molar-refractivity contribution in [3.63, 3.8) is 0 Å². The van der Waals surface area contributed by atoms with Crippen LogP contribution in [0.5, 0.6) is 0 Å². The van der Waals surface area contributed by atoms with Gasteiger partial charge in [0, 0.05) is 10.6 Å². The third-order valence-electron chi connectivity index (χ3n) is 5.16. The fourth-order valence-electron chi connectivity index (χ4n) is 3.41. The first kappa shape index (κ1) is 23.4. The highest BCUT2D eigenvalue weighted by Crippen LogP contribution is 2.31. The molecule has 0 saturated heterocycles. The number of benzene rings is 2. The molecule has 3 heterocycles. The third kappa shape index (κ3) is 5.32. The van der Waals surface area contributed by atoms with Crippen molar-refractivity contribution < 1.29 is 14.0 Å². The maximum Gasteiger partial charge on any atom is 0.265 e. The molecular formula is C25H19FN6O2S2. The number of nitrogens with two attached hydrogens (primary N) is 1. The summed E-state index contributed by atoms with van der Waals surface area (Å²) in [4.78, 5) is 27.4. The average molecular weight is 519 g/mol. The van der Waals surface area contributed by atoms with E-state index in [9.17, 15) is 14.0 Å². The summed E-state index contributed by atoms with van der Waals surface area (Å²) in [7, 11) is 0. The Balaban J connectivity index is 1.24. The first-order chi connectivity index (χ1) is 17.4. The van der Waals surface area contributed by atoms with E-state index in [4.69, 9.17) is 5.73 Å². The van der Waals surface area contributed by atoms with E-state index in [0.717, 1.165) is 15.3 Å². The minimum atomic E-state index is -0.381. The van der Waals surface area contributed by atoms with Gasteiger partial charge in [0.25, 0.3) is 5.91 Å². The Bertz CT molecular complexity index is 1530. The minimum absolute atomic E-state index is 0.0665. The van der Waals surface area contributed by atoms with Crippen molar-refractivity contribution in [1.82, 2.24) is 15.0 Å². The van der Waals surface area contributed by atoms with Gasteiger partial charge in [-0.1, -0.05) is 17.3 Å². The number of anilines is 3. The van der Waals surface area contributed by atoms with Gasteiger partial charge in [-0.3, -0.25) is 9.59 Å². The van der Waals surface area contributed by atoms with Crippen molar-refractivity contribution in [3.05, 3.63) is 89.0 Å². The smallest absolute Gasteiger partial charge is 0.265 e. The van der Waals surface area contributed by atoms with Crippen molar-refractivity contribution in [2.75, 3.05) is 16.4 Å². The topological polar surface area (TPSA) is 115 Å². The molecule has 0 radical (unpaired) electrons. The Hall–Kier alpha value is -4.35. The van der Waals surface area contributed by atoms with Crippen LogP contribution in [0, 0.1) is 5.82 Å². The number of nitrogens with zero attached hydrogens (tertiary/aromatic N) is 3. The molecule has 0 saturated carbocycles. The highest BCUT2D eigenvalue weighted by molar-refractivity contribution is 7.17. The van der Waals surface area contributed by atoms with Gasteiger partial charge in [0.2, 0.25) is 5.91 Å². The number of nitrogens with one attached hydrogen (secondary N) is 2. The highest BCUT2D eigenvalue weighted by atomic mass is 32.1. The van der Waals surface area contributed by atoms with Gasteiger partial charge in [-0.25, -0.2) is 9.07 Å². The average Bonchev–Trinajstić information content (AvgIpc) is 3.64. The lowest BCUT2D eigenvalue weighted by Gasteiger charge is -2.09. The van der Waals surface area contributed by atoms with E-state index in [2.05, 4.69) is 20.9 Å². The van der Waals surface area contributed by atoms with E-state index in [-0.39, 0.29) is 24.2 Å². The van der Waals surface area contributed by atoms with Gasteiger partial charge in [0.05, 0.1) is 27.3 Å². The molecule has 0 atom stereocenters. The Kier molecular flexibility index (Phi) is 6.56.